The number of likely N-dealkylation sites (tertiary alicyclic amines) is 1. The number of carbonyl (C=O) groups excluding carboxylic acids is 2. The summed E-state index contributed by atoms with van der Waals surface area (Å²) in [5.41, 5.74) is 5.54. The van der Waals surface area contributed by atoms with Crippen molar-refractivity contribution in [2.45, 2.75) is 46.1 Å². The Hall–Kier alpha value is -2.99. The van der Waals surface area contributed by atoms with Gasteiger partial charge in [0.15, 0.2) is 0 Å². The highest BCUT2D eigenvalue weighted by molar-refractivity contribution is 6.03. The van der Waals surface area contributed by atoms with Gasteiger partial charge in [-0.05, 0) is 68.5 Å². The van der Waals surface area contributed by atoms with Crippen molar-refractivity contribution in [3.05, 3.63) is 70.8 Å². The van der Waals surface area contributed by atoms with Crippen molar-refractivity contribution in [3.8, 4) is 0 Å². The monoisotopic (exact) mass is 447 g/mol. The highest BCUT2D eigenvalue weighted by atomic mass is 16.5. The lowest BCUT2D eigenvalue weighted by atomic mass is 9.96. The van der Waals surface area contributed by atoms with Crippen LogP contribution in [0.4, 0.5) is 0 Å². The van der Waals surface area contributed by atoms with Crippen LogP contribution in [0, 0.1) is 19.8 Å². The summed E-state index contributed by atoms with van der Waals surface area (Å²) in [7, 11) is 0. The maximum atomic E-state index is 13.5. The number of hydrogen-bond donors (Lipinski definition) is 0. The summed E-state index contributed by atoms with van der Waals surface area (Å²) in [6.45, 7) is 8.02. The Morgan fingerprint density at radius 2 is 1.88 bits per heavy atom. The number of carbonyl (C=O) groups is 2. The summed E-state index contributed by atoms with van der Waals surface area (Å²) in [6.07, 6.45) is 2.38. The number of ether oxygens (including phenoxy) is 1. The van der Waals surface area contributed by atoms with Crippen LogP contribution in [0.3, 0.4) is 0 Å². The molecule has 0 aromatic heterocycles. The highest BCUT2D eigenvalue weighted by Gasteiger charge is 2.35. The van der Waals surface area contributed by atoms with E-state index in [0.717, 1.165) is 36.2 Å². The van der Waals surface area contributed by atoms with Gasteiger partial charge in [0.2, 0.25) is 0 Å². The molecule has 2 heterocycles. The third-order valence-corrected chi connectivity index (χ3v) is 6.67. The van der Waals surface area contributed by atoms with Gasteiger partial charge in [0.1, 0.15) is 0 Å². The van der Waals surface area contributed by atoms with Crippen LogP contribution in [-0.2, 0) is 14.3 Å². The maximum Gasteiger partial charge on any atom is 0.310 e. The Balaban J connectivity index is 1.54. The molecular weight excluding hydrogens is 414 g/mol. The van der Waals surface area contributed by atoms with Gasteiger partial charge in [0, 0.05) is 13.0 Å². The molecule has 1 fully saturated rings. The van der Waals surface area contributed by atoms with Crippen LogP contribution in [0.15, 0.2) is 53.6 Å². The van der Waals surface area contributed by atoms with E-state index >= 15 is 0 Å². The van der Waals surface area contributed by atoms with Gasteiger partial charge in [0.25, 0.3) is 5.91 Å². The molecule has 4 rings (SSSR count). The number of esters is 1. The molecule has 2 aromatic carbocycles. The quantitative estimate of drug-likeness (QED) is 0.621. The number of rotatable bonds is 6. The van der Waals surface area contributed by atoms with E-state index in [1.165, 1.54) is 11.1 Å². The van der Waals surface area contributed by atoms with Crippen LogP contribution in [0.1, 0.15) is 54.5 Å². The van der Waals surface area contributed by atoms with Gasteiger partial charge < -0.3 is 4.74 Å². The summed E-state index contributed by atoms with van der Waals surface area (Å²) < 4.78 is 5.21. The van der Waals surface area contributed by atoms with E-state index in [4.69, 9.17) is 9.84 Å². The topological polar surface area (TPSA) is 62.2 Å². The molecule has 1 saturated heterocycles. The van der Waals surface area contributed by atoms with Crippen LogP contribution in [0.25, 0.3) is 0 Å². The smallest absolute Gasteiger partial charge is 0.310 e. The van der Waals surface area contributed by atoms with Crippen LogP contribution in [0.2, 0.25) is 0 Å². The van der Waals surface area contributed by atoms with Gasteiger partial charge in [-0.15, -0.1) is 0 Å². The summed E-state index contributed by atoms with van der Waals surface area (Å²) in [5, 5.41) is 6.48. The van der Waals surface area contributed by atoms with Gasteiger partial charge in [0.05, 0.1) is 30.8 Å². The molecule has 6 nitrogen and oxygen atoms in total. The number of amides is 1. The fourth-order valence-corrected chi connectivity index (χ4v) is 4.69. The van der Waals surface area contributed by atoms with Crippen molar-refractivity contribution in [1.82, 2.24) is 9.91 Å². The van der Waals surface area contributed by atoms with Crippen molar-refractivity contribution in [2.24, 2.45) is 11.0 Å². The Morgan fingerprint density at radius 1 is 1.09 bits per heavy atom. The average Bonchev–Trinajstić information content (AvgIpc) is 3.27. The predicted molar refractivity (Wildman–Crippen MR) is 129 cm³/mol. The Kier molecular flexibility index (Phi) is 7.23. The largest absolute Gasteiger partial charge is 0.466 e. The molecule has 0 saturated carbocycles. The molecule has 0 radical (unpaired) electrons. The van der Waals surface area contributed by atoms with Crippen LogP contribution >= 0.6 is 0 Å². The molecule has 0 N–H and O–H groups in total. The number of piperidine rings is 1. The normalized spacial score (nSPS) is 21.1. The van der Waals surface area contributed by atoms with Crippen LogP contribution < -0.4 is 0 Å². The molecule has 0 spiro atoms. The molecular formula is C27H33N3O3. The SMILES string of the molecule is CCOC(=O)[C@H]1CCCN(CC(=O)N2N=C(c3ccc(C)c(C)c3)C[C@H]2c2ccccc2)C1. The van der Waals surface area contributed by atoms with Gasteiger partial charge in [-0.1, -0.05) is 42.5 Å². The second kappa shape index (κ2) is 10.3. The van der Waals surface area contributed by atoms with Crippen molar-refractivity contribution in [3.63, 3.8) is 0 Å². The first-order valence-corrected chi connectivity index (χ1v) is 11.9. The van der Waals surface area contributed by atoms with Gasteiger partial charge in [-0.2, -0.15) is 5.10 Å². The lowest BCUT2D eigenvalue weighted by molar-refractivity contribution is -0.150. The maximum absolute atomic E-state index is 13.5. The molecule has 0 aliphatic carbocycles. The summed E-state index contributed by atoms with van der Waals surface area (Å²) in [6, 6.07) is 16.3. The number of benzene rings is 2. The minimum Gasteiger partial charge on any atom is -0.466 e. The van der Waals surface area contributed by atoms with E-state index in [-0.39, 0.29) is 30.4 Å². The van der Waals surface area contributed by atoms with Crippen molar-refractivity contribution in [2.75, 3.05) is 26.2 Å². The van der Waals surface area contributed by atoms with E-state index in [1.54, 1.807) is 5.01 Å². The van der Waals surface area contributed by atoms with Crippen LogP contribution in [-0.4, -0.2) is 53.7 Å². The molecule has 33 heavy (non-hydrogen) atoms. The predicted octanol–water partition coefficient (Wildman–Crippen LogP) is 4.26. The third-order valence-electron chi connectivity index (χ3n) is 6.67. The van der Waals surface area contributed by atoms with Crippen LogP contribution in [0.5, 0.6) is 0 Å². The van der Waals surface area contributed by atoms with E-state index < -0.39 is 0 Å². The van der Waals surface area contributed by atoms with E-state index in [0.29, 0.717) is 19.6 Å². The lowest BCUT2D eigenvalue weighted by Crippen LogP contribution is -2.44. The first-order chi connectivity index (χ1) is 16.0. The molecule has 2 aliphatic heterocycles. The Morgan fingerprint density at radius 3 is 2.61 bits per heavy atom. The summed E-state index contributed by atoms with van der Waals surface area (Å²) in [5.74, 6) is -0.357. The first kappa shape index (κ1) is 23.2. The minimum absolute atomic E-state index is 0.0350. The lowest BCUT2D eigenvalue weighted by Gasteiger charge is -2.32. The third kappa shape index (κ3) is 5.33. The molecule has 0 unspecified atom stereocenters. The first-order valence-electron chi connectivity index (χ1n) is 11.9. The highest BCUT2D eigenvalue weighted by Crippen LogP contribution is 2.33. The molecule has 174 valence electrons. The zero-order valence-electron chi connectivity index (χ0n) is 19.8. The molecule has 2 atom stereocenters. The fraction of sp³-hybridized carbons (Fsp3) is 0.444. The zero-order valence-corrected chi connectivity index (χ0v) is 19.8. The number of hydrazone groups is 1. The average molecular weight is 448 g/mol. The second-order valence-corrected chi connectivity index (χ2v) is 9.04. The zero-order chi connectivity index (χ0) is 23.4. The number of hydrogen-bond acceptors (Lipinski definition) is 5. The number of aryl methyl sites for hydroxylation is 2. The molecule has 0 bridgehead atoms. The molecule has 1 amide bonds. The fourth-order valence-electron chi connectivity index (χ4n) is 4.69. The van der Waals surface area contributed by atoms with Crippen molar-refractivity contribution in [1.29, 1.82) is 0 Å². The van der Waals surface area contributed by atoms with E-state index in [2.05, 4.69) is 49.1 Å². The second-order valence-electron chi connectivity index (χ2n) is 9.04. The minimum atomic E-state index is -0.162. The van der Waals surface area contributed by atoms with Crippen molar-refractivity contribution < 1.29 is 14.3 Å². The molecule has 2 aliphatic rings. The van der Waals surface area contributed by atoms with Gasteiger partial charge in [-0.25, -0.2) is 5.01 Å². The standard InChI is InChI=1S/C27H33N3O3/c1-4-33-27(32)23-11-8-14-29(17-23)18-26(31)30-25(21-9-6-5-7-10-21)16-24(28-30)22-13-12-19(2)20(3)15-22/h5-7,9-10,12-13,15,23,25H,4,8,11,14,16-18H2,1-3H3/t23-,25-/m0/s1. The van der Waals surface area contributed by atoms with E-state index in [1.807, 2.05) is 25.1 Å². The number of nitrogens with zero attached hydrogens (tertiary/aromatic N) is 3. The molecule has 2 aromatic rings. The summed E-state index contributed by atoms with van der Waals surface area (Å²) in [4.78, 5) is 27.7. The Bertz CT molecular complexity index is 1030. The summed E-state index contributed by atoms with van der Waals surface area (Å²) >= 11 is 0. The van der Waals surface area contributed by atoms with Gasteiger partial charge in [-0.3, -0.25) is 14.5 Å². The Labute approximate surface area is 196 Å². The molecule has 6 heteroatoms. The van der Waals surface area contributed by atoms with Gasteiger partial charge >= 0.3 is 5.97 Å². The van der Waals surface area contributed by atoms with Crippen molar-refractivity contribution >= 4 is 17.6 Å². The van der Waals surface area contributed by atoms with E-state index in [9.17, 15) is 9.59 Å².